The average Bonchev–Trinajstić information content (AvgIpc) is 2.43. The van der Waals surface area contributed by atoms with Gasteiger partial charge in [-0.1, -0.05) is 6.92 Å². The highest BCUT2D eigenvalue weighted by molar-refractivity contribution is 5.95. The second-order valence-electron chi connectivity index (χ2n) is 5.03. The van der Waals surface area contributed by atoms with Crippen LogP contribution in [0.1, 0.15) is 26.2 Å². The lowest BCUT2D eigenvalue weighted by Crippen LogP contribution is -2.47. The maximum Gasteiger partial charge on any atom is 0.231 e. The second-order valence-corrected chi connectivity index (χ2v) is 5.03. The smallest absolute Gasteiger partial charge is 0.231 e. The van der Waals surface area contributed by atoms with E-state index >= 15 is 0 Å². The summed E-state index contributed by atoms with van der Waals surface area (Å²) in [7, 11) is 0. The molecule has 3 N–H and O–H groups in total. The summed E-state index contributed by atoms with van der Waals surface area (Å²) in [6, 6.07) is 3.87. The number of aromatic hydroxyl groups is 1. The first-order chi connectivity index (χ1) is 9.07. The van der Waals surface area contributed by atoms with Crippen LogP contribution in [0.4, 0.5) is 10.1 Å². The van der Waals surface area contributed by atoms with E-state index in [1.807, 2.05) is 6.92 Å². The molecule has 0 bridgehead atoms. The molecule has 5 heteroatoms. The minimum atomic E-state index is -0.731. The minimum absolute atomic E-state index is 0.0905. The van der Waals surface area contributed by atoms with Crippen molar-refractivity contribution in [1.29, 1.82) is 0 Å². The molecule has 1 aliphatic rings. The van der Waals surface area contributed by atoms with E-state index in [1.54, 1.807) is 0 Å². The van der Waals surface area contributed by atoms with Gasteiger partial charge in [0.25, 0.3) is 0 Å². The number of phenols is 1. The van der Waals surface area contributed by atoms with Crippen molar-refractivity contribution in [2.24, 2.45) is 5.41 Å². The van der Waals surface area contributed by atoms with Crippen LogP contribution in [0.15, 0.2) is 18.2 Å². The van der Waals surface area contributed by atoms with Gasteiger partial charge in [0.2, 0.25) is 5.91 Å². The number of carbonyl (C=O) groups excluding carboxylic acids is 1. The molecule has 104 valence electrons. The first-order valence-electron chi connectivity index (χ1n) is 6.58. The third-order valence-electron chi connectivity index (χ3n) is 3.84. The molecule has 1 amide bonds. The summed E-state index contributed by atoms with van der Waals surface area (Å²) in [4.78, 5) is 12.4. The van der Waals surface area contributed by atoms with Gasteiger partial charge >= 0.3 is 0 Å². The van der Waals surface area contributed by atoms with Crippen molar-refractivity contribution in [2.45, 2.75) is 26.2 Å². The monoisotopic (exact) mass is 266 g/mol. The predicted octanol–water partition coefficient (Wildman–Crippen LogP) is 2.25. The third-order valence-corrected chi connectivity index (χ3v) is 3.84. The molecule has 1 aromatic rings. The van der Waals surface area contributed by atoms with Gasteiger partial charge in [-0.2, -0.15) is 0 Å². The van der Waals surface area contributed by atoms with E-state index < -0.39 is 17.0 Å². The van der Waals surface area contributed by atoms with Crippen LogP contribution in [-0.2, 0) is 4.79 Å². The van der Waals surface area contributed by atoms with Crippen molar-refractivity contribution in [3.05, 3.63) is 24.0 Å². The highest BCUT2D eigenvalue weighted by atomic mass is 19.1. The molecule has 0 radical (unpaired) electrons. The number of halogens is 1. The van der Waals surface area contributed by atoms with Crippen LogP contribution < -0.4 is 10.6 Å². The van der Waals surface area contributed by atoms with Gasteiger partial charge in [0.05, 0.1) is 5.41 Å². The van der Waals surface area contributed by atoms with E-state index in [1.165, 1.54) is 12.1 Å². The molecule has 1 atom stereocenters. The van der Waals surface area contributed by atoms with Gasteiger partial charge in [-0.05, 0) is 37.9 Å². The van der Waals surface area contributed by atoms with Crippen LogP contribution in [0.2, 0.25) is 0 Å². The van der Waals surface area contributed by atoms with Crippen molar-refractivity contribution >= 4 is 11.6 Å². The molecule has 0 aliphatic carbocycles. The normalized spacial score (nSPS) is 23.1. The van der Waals surface area contributed by atoms with Gasteiger partial charge in [-0.15, -0.1) is 0 Å². The molecule has 2 rings (SSSR count). The number of amides is 1. The molecular weight excluding hydrogens is 247 g/mol. The molecule has 0 saturated carbocycles. The van der Waals surface area contributed by atoms with Crippen LogP contribution in [0.25, 0.3) is 0 Å². The number of anilines is 1. The lowest BCUT2D eigenvalue weighted by molar-refractivity contribution is -0.126. The second kappa shape index (κ2) is 5.57. The molecule has 4 nitrogen and oxygen atoms in total. The fourth-order valence-electron chi connectivity index (χ4n) is 2.47. The Morgan fingerprint density at radius 1 is 1.58 bits per heavy atom. The van der Waals surface area contributed by atoms with E-state index in [-0.39, 0.29) is 5.91 Å². The van der Waals surface area contributed by atoms with Crippen LogP contribution in [-0.4, -0.2) is 24.1 Å². The summed E-state index contributed by atoms with van der Waals surface area (Å²) in [5, 5.41) is 15.1. The first-order valence-corrected chi connectivity index (χ1v) is 6.58. The van der Waals surface area contributed by atoms with Crippen molar-refractivity contribution in [1.82, 2.24) is 5.32 Å². The summed E-state index contributed by atoms with van der Waals surface area (Å²) in [6.45, 7) is 3.57. The van der Waals surface area contributed by atoms with Crippen molar-refractivity contribution in [3.63, 3.8) is 0 Å². The lowest BCUT2D eigenvalue weighted by atomic mass is 9.77. The molecule has 1 saturated heterocycles. The predicted molar refractivity (Wildman–Crippen MR) is 71.5 cm³/mol. The maximum atomic E-state index is 13.2. The van der Waals surface area contributed by atoms with Gasteiger partial charge < -0.3 is 15.7 Å². The van der Waals surface area contributed by atoms with Crippen LogP contribution in [0.5, 0.6) is 5.75 Å². The van der Waals surface area contributed by atoms with Crippen molar-refractivity contribution in [3.8, 4) is 5.75 Å². The molecule has 1 aromatic carbocycles. The van der Waals surface area contributed by atoms with Crippen LogP contribution in [0, 0.1) is 11.2 Å². The van der Waals surface area contributed by atoms with Gasteiger partial charge in [0.1, 0.15) is 0 Å². The van der Waals surface area contributed by atoms with E-state index in [0.717, 1.165) is 31.9 Å². The van der Waals surface area contributed by atoms with Crippen LogP contribution in [0.3, 0.4) is 0 Å². The topological polar surface area (TPSA) is 61.4 Å². The Hall–Kier alpha value is -1.62. The number of hydrogen-bond acceptors (Lipinski definition) is 3. The van der Waals surface area contributed by atoms with Crippen molar-refractivity contribution < 1.29 is 14.3 Å². The average molecular weight is 266 g/mol. The zero-order valence-electron chi connectivity index (χ0n) is 11.0. The number of nitrogens with one attached hydrogen (secondary N) is 2. The Morgan fingerprint density at radius 3 is 2.95 bits per heavy atom. The van der Waals surface area contributed by atoms with E-state index in [9.17, 15) is 9.18 Å². The molecule has 1 unspecified atom stereocenters. The molecule has 0 aromatic heterocycles. The fourth-order valence-corrected chi connectivity index (χ4v) is 2.47. The number of phenolic OH excluding ortho intramolecular Hbond substituents is 1. The van der Waals surface area contributed by atoms with E-state index in [4.69, 9.17) is 5.11 Å². The Bertz CT molecular complexity index is 471. The number of benzene rings is 1. The van der Waals surface area contributed by atoms with Crippen LogP contribution >= 0.6 is 0 Å². The number of carbonyl (C=O) groups is 1. The highest BCUT2D eigenvalue weighted by Crippen LogP contribution is 2.32. The Labute approximate surface area is 112 Å². The third kappa shape index (κ3) is 2.87. The molecule has 1 aliphatic heterocycles. The summed E-state index contributed by atoms with van der Waals surface area (Å²) < 4.78 is 13.2. The largest absolute Gasteiger partial charge is 0.505 e. The number of piperidine rings is 1. The Balaban J connectivity index is 2.12. The maximum absolute atomic E-state index is 13.2. The molecule has 19 heavy (non-hydrogen) atoms. The SMILES string of the molecule is CCC1(C(=O)Nc2ccc(O)c(F)c2)CCCNC1. The van der Waals surface area contributed by atoms with E-state index in [0.29, 0.717) is 12.2 Å². The minimum Gasteiger partial charge on any atom is -0.505 e. The van der Waals surface area contributed by atoms with Gasteiger partial charge in [0.15, 0.2) is 11.6 Å². The summed E-state index contributed by atoms with van der Waals surface area (Å²) in [5.41, 5.74) is -0.0502. The van der Waals surface area contributed by atoms with Gasteiger partial charge in [-0.25, -0.2) is 4.39 Å². The Morgan fingerprint density at radius 2 is 2.37 bits per heavy atom. The fraction of sp³-hybridized carbons (Fsp3) is 0.500. The molecular formula is C14H19FN2O2. The zero-order chi connectivity index (χ0) is 13.9. The van der Waals surface area contributed by atoms with Crippen molar-refractivity contribution in [2.75, 3.05) is 18.4 Å². The summed E-state index contributed by atoms with van der Waals surface area (Å²) in [5.74, 6) is -1.24. The molecule has 1 heterocycles. The Kier molecular flexibility index (Phi) is 4.04. The first kappa shape index (κ1) is 13.8. The van der Waals surface area contributed by atoms with Gasteiger partial charge in [0, 0.05) is 18.3 Å². The zero-order valence-corrected chi connectivity index (χ0v) is 11.0. The van der Waals surface area contributed by atoms with E-state index in [2.05, 4.69) is 10.6 Å². The quantitative estimate of drug-likeness (QED) is 0.735. The number of hydrogen-bond donors (Lipinski definition) is 3. The molecule has 1 fully saturated rings. The standard InChI is InChI=1S/C14H19FN2O2/c1-2-14(6-3-7-16-9-14)13(19)17-10-4-5-12(18)11(15)8-10/h4-5,8,16,18H,2-3,6-7,9H2,1H3,(H,17,19). The highest BCUT2D eigenvalue weighted by Gasteiger charge is 2.37. The molecule has 0 spiro atoms. The summed E-state index contributed by atoms with van der Waals surface area (Å²) in [6.07, 6.45) is 2.54. The van der Waals surface area contributed by atoms with Gasteiger partial charge in [-0.3, -0.25) is 4.79 Å². The number of rotatable bonds is 3. The lowest BCUT2D eigenvalue weighted by Gasteiger charge is -2.35. The summed E-state index contributed by atoms with van der Waals surface area (Å²) >= 11 is 0.